The Morgan fingerprint density at radius 2 is 2.08 bits per heavy atom. The van der Waals surface area contributed by atoms with Crippen LogP contribution in [0.25, 0.3) is 0 Å². The second-order valence-electron chi connectivity index (χ2n) is 7.06. The predicted molar refractivity (Wildman–Crippen MR) is 94.1 cm³/mol. The van der Waals surface area contributed by atoms with Gasteiger partial charge in [-0.2, -0.15) is 0 Å². The number of amides is 1. The third-order valence-corrected chi connectivity index (χ3v) is 4.70. The molecule has 2 saturated heterocycles. The quantitative estimate of drug-likeness (QED) is 0.887. The lowest BCUT2D eigenvalue weighted by atomic mass is 10.1. The van der Waals surface area contributed by atoms with Gasteiger partial charge in [0.15, 0.2) is 0 Å². The van der Waals surface area contributed by atoms with Gasteiger partial charge >= 0.3 is 0 Å². The SMILES string of the molecule is C[C@@H]1CN(c2ccc(CNC(=O)C[C@H]3CCCO3)cc2F)C[C@H](C)O1. The molecule has 6 heteroatoms. The first-order chi connectivity index (χ1) is 12.0. The van der Waals surface area contributed by atoms with Crippen molar-refractivity contribution in [3.63, 3.8) is 0 Å². The van der Waals surface area contributed by atoms with Crippen LogP contribution in [0, 0.1) is 5.82 Å². The number of carbonyl (C=O) groups excluding carboxylic acids is 1. The van der Waals surface area contributed by atoms with E-state index in [1.54, 1.807) is 6.07 Å². The number of nitrogens with zero attached hydrogens (tertiary/aromatic N) is 1. The molecule has 2 heterocycles. The second kappa shape index (κ2) is 8.15. The fourth-order valence-electron chi connectivity index (χ4n) is 3.58. The molecular formula is C19H27FN2O3. The van der Waals surface area contributed by atoms with E-state index in [0.717, 1.165) is 25.0 Å². The first-order valence-electron chi connectivity index (χ1n) is 9.08. The van der Waals surface area contributed by atoms with Crippen molar-refractivity contribution >= 4 is 11.6 Å². The fraction of sp³-hybridized carbons (Fsp3) is 0.632. The number of ether oxygens (including phenoxy) is 2. The topological polar surface area (TPSA) is 50.8 Å². The van der Waals surface area contributed by atoms with Crippen LogP contribution in [-0.2, 0) is 20.8 Å². The van der Waals surface area contributed by atoms with Crippen molar-refractivity contribution in [3.8, 4) is 0 Å². The van der Waals surface area contributed by atoms with E-state index in [4.69, 9.17) is 9.47 Å². The van der Waals surface area contributed by atoms with Crippen LogP contribution < -0.4 is 10.2 Å². The summed E-state index contributed by atoms with van der Waals surface area (Å²) in [4.78, 5) is 14.0. The van der Waals surface area contributed by atoms with E-state index in [1.807, 2.05) is 24.8 Å². The van der Waals surface area contributed by atoms with Gasteiger partial charge in [0.25, 0.3) is 0 Å². The summed E-state index contributed by atoms with van der Waals surface area (Å²) < 4.78 is 25.7. The highest BCUT2D eigenvalue weighted by atomic mass is 19.1. The van der Waals surface area contributed by atoms with Crippen LogP contribution in [0.3, 0.4) is 0 Å². The maximum atomic E-state index is 14.5. The zero-order valence-electron chi connectivity index (χ0n) is 15.0. The smallest absolute Gasteiger partial charge is 0.222 e. The lowest BCUT2D eigenvalue weighted by Crippen LogP contribution is -2.45. The van der Waals surface area contributed by atoms with E-state index in [9.17, 15) is 9.18 Å². The summed E-state index contributed by atoms with van der Waals surface area (Å²) in [6, 6.07) is 5.17. The Kier molecular flexibility index (Phi) is 5.91. The molecule has 1 amide bonds. The number of halogens is 1. The van der Waals surface area contributed by atoms with Crippen molar-refractivity contribution in [2.24, 2.45) is 0 Å². The highest BCUT2D eigenvalue weighted by Gasteiger charge is 2.24. The van der Waals surface area contributed by atoms with Crippen molar-refractivity contribution in [1.82, 2.24) is 5.32 Å². The summed E-state index contributed by atoms with van der Waals surface area (Å²) in [7, 11) is 0. The maximum Gasteiger partial charge on any atom is 0.222 e. The number of carbonyl (C=O) groups is 1. The number of nitrogens with one attached hydrogen (secondary N) is 1. The van der Waals surface area contributed by atoms with Crippen LogP contribution in [0.15, 0.2) is 18.2 Å². The third-order valence-electron chi connectivity index (χ3n) is 4.70. The molecule has 0 unspecified atom stereocenters. The number of hydrogen-bond donors (Lipinski definition) is 1. The van der Waals surface area contributed by atoms with Crippen LogP contribution in [0.5, 0.6) is 0 Å². The molecule has 0 spiro atoms. The minimum atomic E-state index is -0.257. The molecule has 0 aliphatic carbocycles. The van der Waals surface area contributed by atoms with E-state index in [1.165, 1.54) is 6.07 Å². The molecular weight excluding hydrogens is 323 g/mol. The molecule has 0 radical (unpaired) electrons. The van der Waals surface area contributed by atoms with Crippen LogP contribution in [0.1, 0.15) is 38.7 Å². The van der Waals surface area contributed by atoms with Crippen LogP contribution >= 0.6 is 0 Å². The predicted octanol–water partition coefficient (Wildman–Crippen LogP) is 2.62. The van der Waals surface area contributed by atoms with E-state index in [2.05, 4.69) is 5.32 Å². The molecule has 1 aromatic carbocycles. The molecule has 1 aromatic rings. The fourth-order valence-corrected chi connectivity index (χ4v) is 3.58. The van der Waals surface area contributed by atoms with Gasteiger partial charge in [0.1, 0.15) is 5.82 Å². The Bertz CT molecular complexity index is 594. The van der Waals surface area contributed by atoms with Gasteiger partial charge in [-0.15, -0.1) is 0 Å². The highest BCUT2D eigenvalue weighted by molar-refractivity contribution is 5.76. The Balaban J connectivity index is 1.55. The number of anilines is 1. The summed E-state index contributed by atoms with van der Waals surface area (Å²) in [6.07, 6.45) is 2.53. The summed E-state index contributed by atoms with van der Waals surface area (Å²) in [6.45, 7) is 6.43. The Morgan fingerprint density at radius 3 is 2.72 bits per heavy atom. The number of morpholine rings is 1. The molecule has 2 aliphatic rings. The average Bonchev–Trinajstić information content (AvgIpc) is 3.05. The molecule has 0 aromatic heterocycles. The minimum Gasteiger partial charge on any atom is -0.378 e. The van der Waals surface area contributed by atoms with Gasteiger partial charge in [0.05, 0.1) is 30.4 Å². The normalized spacial score (nSPS) is 26.7. The van der Waals surface area contributed by atoms with Gasteiger partial charge < -0.3 is 19.7 Å². The molecule has 5 nitrogen and oxygen atoms in total. The standard InChI is InChI=1S/C19H27FN2O3/c1-13-11-22(12-14(2)25-13)18-6-5-15(8-17(18)20)10-21-19(23)9-16-4-3-7-24-16/h5-6,8,13-14,16H,3-4,7,9-12H2,1-2H3,(H,21,23)/t13-,14+,16-/m1/s1. The van der Waals surface area contributed by atoms with Crippen molar-refractivity contribution < 1.29 is 18.7 Å². The molecule has 3 atom stereocenters. The van der Waals surface area contributed by atoms with Crippen LogP contribution in [0.2, 0.25) is 0 Å². The first kappa shape index (κ1) is 18.1. The van der Waals surface area contributed by atoms with Gasteiger partial charge in [-0.05, 0) is 44.4 Å². The maximum absolute atomic E-state index is 14.5. The third kappa shape index (κ3) is 4.92. The molecule has 2 aliphatic heterocycles. The van der Waals surface area contributed by atoms with Crippen molar-refractivity contribution in [2.75, 3.05) is 24.6 Å². The van der Waals surface area contributed by atoms with Gasteiger partial charge in [0, 0.05) is 26.2 Å². The van der Waals surface area contributed by atoms with Gasteiger partial charge in [-0.3, -0.25) is 4.79 Å². The van der Waals surface area contributed by atoms with Gasteiger partial charge in [-0.25, -0.2) is 4.39 Å². The average molecular weight is 350 g/mol. The Morgan fingerprint density at radius 1 is 1.32 bits per heavy atom. The van der Waals surface area contributed by atoms with Crippen molar-refractivity contribution in [1.29, 1.82) is 0 Å². The number of rotatable bonds is 5. The minimum absolute atomic E-state index is 0.0319. The largest absolute Gasteiger partial charge is 0.378 e. The zero-order valence-corrected chi connectivity index (χ0v) is 15.0. The van der Waals surface area contributed by atoms with E-state index < -0.39 is 0 Å². The van der Waals surface area contributed by atoms with Crippen molar-refractivity contribution in [3.05, 3.63) is 29.6 Å². The Labute approximate surface area is 148 Å². The highest BCUT2D eigenvalue weighted by Crippen LogP contribution is 2.24. The Hall–Kier alpha value is -1.66. The van der Waals surface area contributed by atoms with Gasteiger partial charge in [0.2, 0.25) is 5.91 Å². The zero-order chi connectivity index (χ0) is 17.8. The molecule has 138 valence electrons. The van der Waals surface area contributed by atoms with Crippen LogP contribution in [0.4, 0.5) is 10.1 Å². The van der Waals surface area contributed by atoms with Crippen LogP contribution in [-0.4, -0.2) is 43.9 Å². The summed E-state index contributed by atoms with van der Waals surface area (Å²) in [5, 5.41) is 2.85. The monoisotopic (exact) mass is 350 g/mol. The lowest BCUT2D eigenvalue weighted by molar-refractivity contribution is -0.123. The molecule has 1 N–H and O–H groups in total. The molecule has 3 rings (SSSR count). The second-order valence-corrected chi connectivity index (χ2v) is 7.06. The van der Waals surface area contributed by atoms with Gasteiger partial charge in [-0.1, -0.05) is 6.07 Å². The first-order valence-corrected chi connectivity index (χ1v) is 9.08. The summed E-state index contributed by atoms with van der Waals surface area (Å²) in [5.41, 5.74) is 1.35. The summed E-state index contributed by atoms with van der Waals surface area (Å²) >= 11 is 0. The number of benzene rings is 1. The molecule has 2 fully saturated rings. The number of hydrogen-bond acceptors (Lipinski definition) is 4. The lowest BCUT2D eigenvalue weighted by Gasteiger charge is -2.37. The van der Waals surface area contributed by atoms with E-state index >= 15 is 0 Å². The molecule has 0 bridgehead atoms. The van der Waals surface area contributed by atoms with Crippen molar-refractivity contribution in [2.45, 2.75) is 58.0 Å². The van der Waals surface area contributed by atoms with E-state index in [-0.39, 0.29) is 30.0 Å². The van der Waals surface area contributed by atoms with E-state index in [0.29, 0.717) is 31.7 Å². The molecule has 25 heavy (non-hydrogen) atoms. The summed E-state index contributed by atoms with van der Waals surface area (Å²) in [5.74, 6) is -0.306. The molecule has 0 saturated carbocycles.